The number of hydrogen-bond donors (Lipinski definition) is 1. The van der Waals surface area contributed by atoms with E-state index >= 15 is 0 Å². The quantitative estimate of drug-likeness (QED) is 0.737. The molecule has 0 saturated carbocycles. The Morgan fingerprint density at radius 1 is 1.43 bits per heavy atom. The van der Waals surface area contributed by atoms with Gasteiger partial charge >= 0.3 is 0 Å². The lowest BCUT2D eigenvalue weighted by Crippen LogP contribution is -2.09. The third-order valence-corrected chi connectivity index (χ3v) is 2.36. The fourth-order valence-electron chi connectivity index (χ4n) is 1.02. The van der Waals surface area contributed by atoms with Crippen LogP contribution in [-0.2, 0) is 0 Å². The van der Waals surface area contributed by atoms with E-state index < -0.39 is 0 Å². The van der Waals surface area contributed by atoms with Crippen molar-refractivity contribution in [2.24, 2.45) is 0 Å². The summed E-state index contributed by atoms with van der Waals surface area (Å²) in [6.45, 7) is 11.7. The number of hydrogen-bond acceptors (Lipinski definition) is 2. The molecule has 0 saturated heterocycles. The van der Waals surface area contributed by atoms with Gasteiger partial charge in [-0.15, -0.1) is 0 Å². The van der Waals surface area contributed by atoms with Crippen LogP contribution in [-0.4, -0.2) is 0 Å². The molecular weight excluding hydrogens is 190 g/mol. The van der Waals surface area contributed by atoms with Crippen molar-refractivity contribution >= 4 is 17.4 Å². The maximum atomic E-state index is 3.92. The fraction of sp³-hybridized carbons (Fsp3) is 0.167. The molecule has 2 heteroatoms. The summed E-state index contributed by atoms with van der Waals surface area (Å²) < 4.78 is 0. The molecule has 0 aromatic carbocycles. The van der Waals surface area contributed by atoms with Crippen molar-refractivity contribution in [2.75, 3.05) is 0 Å². The van der Waals surface area contributed by atoms with Gasteiger partial charge in [0.25, 0.3) is 0 Å². The molecule has 0 atom stereocenters. The number of allylic oxidation sites excluding steroid dienone is 2. The van der Waals surface area contributed by atoms with E-state index in [9.17, 15) is 0 Å². The largest absolute Gasteiger partial charge is 0.360 e. The lowest BCUT2D eigenvalue weighted by atomic mass is 10.2. The van der Waals surface area contributed by atoms with Crippen molar-refractivity contribution in [3.05, 3.63) is 52.5 Å². The lowest BCUT2D eigenvalue weighted by molar-refractivity contribution is 0.995. The monoisotopic (exact) mass is 205 g/mol. The highest BCUT2D eigenvalue weighted by Crippen LogP contribution is 2.14. The summed E-state index contributed by atoms with van der Waals surface area (Å²) in [5.74, 6) is 0. The Kier molecular flexibility index (Phi) is 3.72. The van der Waals surface area contributed by atoms with Gasteiger partial charge in [0.2, 0.25) is 0 Å². The first-order valence-electron chi connectivity index (χ1n) is 4.42. The van der Waals surface area contributed by atoms with E-state index in [1.807, 2.05) is 13.8 Å². The first-order valence-corrected chi connectivity index (χ1v) is 5.36. The molecule has 0 spiro atoms. The van der Waals surface area contributed by atoms with E-state index in [2.05, 4.69) is 41.4 Å². The molecule has 1 N–H and O–H groups in total. The van der Waals surface area contributed by atoms with Crippen molar-refractivity contribution in [3.8, 4) is 0 Å². The minimum atomic E-state index is 0.925. The third-order valence-electron chi connectivity index (χ3n) is 1.66. The maximum Gasteiger partial charge on any atom is 0.0411 e. The molecule has 1 rings (SSSR count). The molecule has 1 nitrogen and oxygen atoms in total. The Morgan fingerprint density at radius 3 is 2.57 bits per heavy atom. The topological polar surface area (TPSA) is 12.0 Å². The molecule has 74 valence electrons. The van der Waals surface area contributed by atoms with Gasteiger partial charge in [-0.1, -0.05) is 13.2 Å². The summed E-state index contributed by atoms with van der Waals surface area (Å²) in [6, 6.07) is 2.08. The highest BCUT2D eigenvalue weighted by atomic mass is 32.1. The summed E-state index contributed by atoms with van der Waals surface area (Å²) in [6.07, 6.45) is 2.08. The Balaban J connectivity index is 2.88. The first kappa shape index (κ1) is 10.8. The zero-order valence-electron chi connectivity index (χ0n) is 8.63. The highest BCUT2D eigenvalue weighted by Gasteiger charge is 1.98. The zero-order chi connectivity index (χ0) is 10.6. The normalized spacial score (nSPS) is 11.1. The van der Waals surface area contributed by atoms with Gasteiger partial charge in [0, 0.05) is 11.4 Å². The van der Waals surface area contributed by atoms with Crippen LogP contribution in [0.1, 0.15) is 19.4 Å². The average Bonchev–Trinajstić information content (AvgIpc) is 2.54. The standard InChI is InChI=1S/C12H15NS/c1-9(2)12(13-10(3)4)7-11-5-6-14-8-11/h5-8,13H,1,3H2,2,4H3/b12-7-. The molecule has 0 aliphatic carbocycles. The molecule has 14 heavy (non-hydrogen) atoms. The summed E-state index contributed by atoms with van der Waals surface area (Å²) in [4.78, 5) is 0. The predicted octanol–water partition coefficient (Wildman–Crippen LogP) is 3.79. The van der Waals surface area contributed by atoms with Gasteiger partial charge in [0.1, 0.15) is 0 Å². The van der Waals surface area contributed by atoms with Crippen LogP contribution in [0, 0.1) is 0 Å². The van der Waals surface area contributed by atoms with Crippen LogP contribution in [0.15, 0.2) is 47.0 Å². The predicted molar refractivity (Wildman–Crippen MR) is 65.1 cm³/mol. The Bertz CT molecular complexity index is 358. The Morgan fingerprint density at radius 2 is 2.14 bits per heavy atom. The molecule has 0 aliphatic rings. The van der Waals surface area contributed by atoms with Crippen LogP contribution < -0.4 is 5.32 Å². The van der Waals surface area contributed by atoms with Gasteiger partial charge in [0.15, 0.2) is 0 Å². The third kappa shape index (κ3) is 3.23. The van der Waals surface area contributed by atoms with Crippen molar-refractivity contribution in [1.82, 2.24) is 5.32 Å². The van der Waals surface area contributed by atoms with Gasteiger partial charge in [-0.25, -0.2) is 0 Å². The minimum absolute atomic E-state index is 0.925. The van der Waals surface area contributed by atoms with E-state index in [-0.39, 0.29) is 0 Å². The molecule has 0 fully saturated rings. The molecule has 0 amide bonds. The molecule has 1 aromatic rings. The Labute approximate surface area is 89.5 Å². The fourth-order valence-corrected chi connectivity index (χ4v) is 1.64. The second-order valence-electron chi connectivity index (χ2n) is 3.30. The van der Waals surface area contributed by atoms with Crippen molar-refractivity contribution < 1.29 is 0 Å². The van der Waals surface area contributed by atoms with E-state index in [0.29, 0.717) is 0 Å². The first-order chi connectivity index (χ1) is 6.59. The minimum Gasteiger partial charge on any atom is -0.360 e. The lowest BCUT2D eigenvalue weighted by Gasteiger charge is -2.09. The Hall–Kier alpha value is -1.28. The van der Waals surface area contributed by atoms with E-state index in [1.54, 1.807) is 11.3 Å². The molecule has 0 aliphatic heterocycles. The van der Waals surface area contributed by atoms with E-state index in [1.165, 1.54) is 5.56 Å². The van der Waals surface area contributed by atoms with Gasteiger partial charge in [-0.3, -0.25) is 0 Å². The summed E-state index contributed by atoms with van der Waals surface area (Å²) in [5, 5.41) is 7.35. The molecule has 1 heterocycles. The van der Waals surface area contributed by atoms with Crippen molar-refractivity contribution in [2.45, 2.75) is 13.8 Å². The second-order valence-corrected chi connectivity index (χ2v) is 4.08. The van der Waals surface area contributed by atoms with Crippen molar-refractivity contribution in [3.63, 3.8) is 0 Å². The van der Waals surface area contributed by atoms with Gasteiger partial charge in [-0.2, -0.15) is 11.3 Å². The number of rotatable bonds is 4. The molecule has 1 aromatic heterocycles. The van der Waals surface area contributed by atoms with Gasteiger partial charge < -0.3 is 5.32 Å². The van der Waals surface area contributed by atoms with E-state index in [4.69, 9.17) is 0 Å². The summed E-state index contributed by atoms with van der Waals surface area (Å²) >= 11 is 1.69. The zero-order valence-corrected chi connectivity index (χ0v) is 9.45. The smallest absolute Gasteiger partial charge is 0.0411 e. The van der Waals surface area contributed by atoms with Gasteiger partial charge in [0.05, 0.1) is 0 Å². The SMILES string of the molecule is C=C(C)N/C(=C\c1ccsc1)C(=C)C. The van der Waals surface area contributed by atoms with Crippen molar-refractivity contribution in [1.29, 1.82) is 0 Å². The summed E-state index contributed by atoms with van der Waals surface area (Å²) in [5.41, 5.74) is 4.16. The number of nitrogens with one attached hydrogen (secondary N) is 1. The molecule has 0 radical (unpaired) electrons. The van der Waals surface area contributed by atoms with Crippen LogP contribution in [0.2, 0.25) is 0 Å². The van der Waals surface area contributed by atoms with Crippen LogP contribution in [0.5, 0.6) is 0 Å². The van der Waals surface area contributed by atoms with Crippen LogP contribution in [0.25, 0.3) is 6.08 Å². The molecule has 0 unspecified atom stereocenters. The second kappa shape index (κ2) is 4.82. The summed E-state index contributed by atoms with van der Waals surface area (Å²) in [7, 11) is 0. The average molecular weight is 205 g/mol. The van der Waals surface area contributed by atoms with Crippen LogP contribution in [0.4, 0.5) is 0 Å². The molecule has 0 bridgehead atoms. The number of thiophene rings is 1. The van der Waals surface area contributed by atoms with Crippen LogP contribution >= 0.6 is 11.3 Å². The van der Waals surface area contributed by atoms with Gasteiger partial charge in [-0.05, 0) is 47.9 Å². The van der Waals surface area contributed by atoms with Crippen LogP contribution in [0.3, 0.4) is 0 Å². The van der Waals surface area contributed by atoms with E-state index in [0.717, 1.165) is 17.0 Å². The highest BCUT2D eigenvalue weighted by molar-refractivity contribution is 7.08. The maximum absolute atomic E-state index is 3.92. The molecular formula is C12H15NS.